The predicted octanol–water partition coefficient (Wildman–Crippen LogP) is 3.41. The molecule has 20 heavy (non-hydrogen) atoms. The zero-order valence-corrected chi connectivity index (χ0v) is 10.4. The van der Waals surface area contributed by atoms with Crippen LogP contribution in [0.4, 0.5) is 15.8 Å². The van der Waals surface area contributed by atoms with Gasteiger partial charge in [-0.15, -0.1) is 0 Å². The van der Waals surface area contributed by atoms with Gasteiger partial charge in [-0.25, -0.2) is 4.39 Å². The van der Waals surface area contributed by atoms with E-state index < -0.39 is 5.91 Å². The van der Waals surface area contributed by atoms with Gasteiger partial charge in [0.2, 0.25) is 0 Å². The molecule has 0 bridgehead atoms. The molecular weight excluding hydrogens is 259 g/mol. The molecule has 0 radical (unpaired) electrons. The number of amides is 1. The van der Waals surface area contributed by atoms with Crippen LogP contribution in [0.15, 0.2) is 52.9 Å². The van der Waals surface area contributed by atoms with E-state index >= 15 is 0 Å². The first kappa shape index (κ1) is 12.2. The first-order valence-corrected chi connectivity index (χ1v) is 5.98. The maximum Gasteiger partial charge on any atom is 0.291 e. The second-order valence-corrected chi connectivity index (χ2v) is 4.37. The lowest BCUT2D eigenvalue weighted by Gasteiger charge is -2.02. The van der Waals surface area contributed by atoms with Gasteiger partial charge in [0.1, 0.15) is 11.4 Å². The monoisotopic (exact) mass is 270 g/mol. The van der Waals surface area contributed by atoms with Crippen molar-refractivity contribution in [2.24, 2.45) is 0 Å². The van der Waals surface area contributed by atoms with E-state index in [0.717, 1.165) is 5.39 Å². The quantitative estimate of drug-likeness (QED) is 0.701. The standard InChI is InChI=1S/C15H11FN2O2/c16-10-1-4-12(5-2-10)18-15(19)14-8-9-7-11(17)3-6-13(9)20-14/h1-8H,17H2,(H,18,19). The molecule has 100 valence electrons. The first-order valence-electron chi connectivity index (χ1n) is 5.98. The smallest absolute Gasteiger partial charge is 0.291 e. The number of anilines is 2. The molecule has 0 fully saturated rings. The fourth-order valence-electron chi connectivity index (χ4n) is 1.90. The molecule has 0 aliphatic carbocycles. The number of carbonyl (C=O) groups is 1. The van der Waals surface area contributed by atoms with E-state index in [1.165, 1.54) is 24.3 Å². The van der Waals surface area contributed by atoms with Gasteiger partial charge in [0.15, 0.2) is 5.76 Å². The number of hydrogen-bond acceptors (Lipinski definition) is 3. The minimum absolute atomic E-state index is 0.176. The molecule has 0 saturated heterocycles. The first-order chi connectivity index (χ1) is 9.61. The average molecular weight is 270 g/mol. The fourth-order valence-corrected chi connectivity index (χ4v) is 1.90. The lowest BCUT2D eigenvalue weighted by Crippen LogP contribution is -2.10. The van der Waals surface area contributed by atoms with Crippen molar-refractivity contribution in [1.29, 1.82) is 0 Å². The number of nitrogens with one attached hydrogen (secondary N) is 1. The number of carbonyl (C=O) groups excluding carboxylic acids is 1. The molecule has 3 N–H and O–H groups in total. The Morgan fingerprint density at radius 3 is 2.60 bits per heavy atom. The van der Waals surface area contributed by atoms with Crippen molar-refractivity contribution in [3.63, 3.8) is 0 Å². The van der Waals surface area contributed by atoms with Crippen molar-refractivity contribution >= 4 is 28.3 Å². The average Bonchev–Trinajstić information content (AvgIpc) is 2.84. The third-order valence-electron chi connectivity index (χ3n) is 2.87. The van der Waals surface area contributed by atoms with E-state index in [9.17, 15) is 9.18 Å². The molecule has 1 amide bonds. The van der Waals surface area contributed by atoms with Gasteiger partial charge in [-0.05, 0) is 48.5 Å². The van der Waals surface area contributed by atoms with E-state index in [1.807, 2.05) is 0 Å². The number of fused-ring (bicyclic) bond motifs is 1. The predicted molar refractivity (Wildman–Crippen MR) is 75.0 cm³/mol. The van der Waals surface area contributed by atoms with Crippen LogP contribution in [0.5, 0.6) is 0 Å². The van der Waals surface area contributed by atoms with Crippen molar-refractivity contribution in [2.45, 2.75) is 0 Å². The molecule has 0 unspecified atom stereocenters. The van der Waals surface area contributed by atoms with Gasteiger partial charge in [0.25, 0.3) is 5.91 Å². The molecule has 0 spiro atoms. The van der Waals surface area contributed by atoms with Crippen LogP contribution in [-0.4, -0.2) is 5.91 Å². The highest BCUT2D eigenvalue weighted by atomic mass is 19.1. The molecule has 4 nitrogen and oxygen atoms in total. The van der Waals surface area contributed by atoms with Gasteiger partial charge in [-0.1, -0.05) is 0 Å². The molecule has 0 aliphatic rings. The van der Waals surface area contributed by atoms with Crippen LogP contribution in [0.25, 0.3) is 11.0 Å². The lowest BCUT2D eigenvalue weighted by molar-refractivity contribution is 0.0998. The molecule has 2 aromatic carbocycles. The third-order valence-corrected chi connectivity index (χ3v) is 2.87. The van der Waals surface area contributed by atoms with Crippen molar-refractivity contribution in [2.75, 3.05) is 11.1 Å². The highest BCUT2D eigenvalue weighted by Crippen LogP contribution is 2.22. The molecule has 3 rings (SSSR count). The summed E-state index contributed by atoms with van der Waals surface area (Å²) in [4.78, 5) is 12.0. The maximum atomic E-state index is 12.8. The highest BCUT2D eigenvalue weighted by molar-refractivity contribution is 6.04. The van der Waals surface area contributed by atoms with Gasteiger partial charge in [-0.3, -0.25) is 4.79 Å². The Bertz CT molecular complexity index is 778. The summed E-state index contributed by atoms with van der Waals surface area (Å²) in [5, 5.41) is 3.39. The molecule has 1 heterocycles. The van der Waals surface area contributed by atoms with Crippen LogP contribution < -0.4 is 11.1 Å². The third kappa shape index (κ3) is 2.33. The van der Waals surface area contributed by atoms with Crippen molar-refractivity contribution in [1.82, 2.24) is 0 Å². The number of rotatable bonds is 2. The van der Waals surface area contributed by atoms with E-state index in [4.69, 9.17) is 10.2 Å². The Kier molecular flexibility index (Phi) is 2.87. The minimum atomic E-state index is -0.397. The molecule has 3 aromatic rings. The van der Waals surface area contributed by atoms with Crippen LogP contribution >= 0.6 is 0 Å². The number of nitrogens with two attached hydrogens (primary N) is 1. The van der Waals surface area contributed by atoms with Gasteiger partial charge in [0, 0.05) is 16.8 Å². The summed E-state index contributed by atoms with van der Waals surface area (Å²) in [5.41, 5.74) is 7.35. The fraction of sp³-hybridized carbons (Fsp3) is 0. The second-order valence-electron chi connectivity index (χ2n) is 4.37. The topological polar surface area (TPSA) is 68.3 Å². The number of furan rings is 1. The van der Waals surface area contributed by atoms with E-state index in [0.29, 0.717) is 17.0 Å². The number of halogens is 1. The van der Waals surface area contributed by atoms with Gasteiger partial charge >= 0.3 is 0 Å². The number of hydrogen-bond donors (Lipinski definition) is 2. The van der Waals surface area contributed by atoms with Crippen LogP contribution in [0.2, 0.25) is 0 Å². The Morgan fingerprint density at radius 2 is 1.85 bits per heavy atom. The zero-order valence-electron chi connectivity index (χ0n) is 10.4. The molecule has 0 atom stereocenters. The number of nitrogen functional groups attached to an aromatic ring is 1. The van der Waals surface area contributed by atoms with Gasteiger partial charge in [-0.2, -0.15) is 0 Å². The van der Waals surface area contributed by atoms with E-state index in [-0.39, 0.29) is 11.6 Å². The van der Waals surface area contributed by atoms with Gasteiger partial charge in [0.05, 0.1) is 0 Å². The van der Waals surface area contributed by atoms with Crippen molar-refractivity contribution in [3.8, 4) is 0 Å². The second kappa shape index (κ2) is 4.70. The summed E-state index contributed by atoms with van der Waals surface area (Å²) < 4.78 is 18.2. The minimum Gasteiger partial charge on any atom is -0.451 e. The van der Waals surface area contributed by atoms with Gasteiger partial charge < -0.3 is 15.5 Å². The Balaban J connectivity index is 1.86. The molecular formula is C15H11FN2O2. The van der Waals surface area contributed by atoms with Crippen LogP contribution in [0.3, 0.4) is 0 Å². The highest BCUT2D eigenvalue weighted by Gasteiger charge is 2.12. The number of benzene rings is 2. The van der Waals surface area contributed by atoms with E-state index in [1.54, 1.807) is 24.3 Å². The lowest BCUT2D eigenvalue weighted by atomic mass is 10.2. The zero-order chi connectivity index (χ0) is 14.1. The molecule has 0 aliphatic heterocycles. The SMILES string of the molecule is Nc1ccc2oc(C(=O)Nc3ccc(F)cc3)cc2c1. The van der Waals surface area contributed by atoms with Crippen LogP contribution in [0, 0.1) is 5.82 Å². The largest absolute Gasteiger partial charge is 0.451 e. The summed E-state index contributed by atoms with van der Waals surface area (Å²) in [5.74, 6) is -0.580. The molecule has 5 heteroatoms. The van der Waals surface area contributed by atoms with Crippen molar-refractivity contribution < 1.29 is 13.6 Å². The summed E-state index contributed by atoms with van der Waals surface area (Å²) in [7, 11) is 0. The molecule has 0 saturated carbocycles. The summed E-state index contributed by atoms with van der Waals surface area (Å²) >= 11 is 0. The maximum absolute atomic E-state index is 12.8. The summed E-state index contributed by atoms with van der Waals surface area (Å²) in [6.07, 6.45) is 0. The summed E-state index contributed by atoms with van der Waals surface area (Å²) in [6, 6.07) is 12.3. The van der Waals surface area contributed by atoms with Crippen molar-refractivity contribution in [3.05, 3.63) is 60.1 Å². The van der Waals surface area contributed by atoms with E-state index in [2.05, 4.69) is 5.32 Å². The Labute approximate surface area is 114 Å². The summed E-state index contributed by atoms with van der Waals surface area (Å²) in [6.45, 7) is 0. The normalized spacial score (nSPS) is 10.7. The van der Waals surface area contributed by atoms with Crippen LogP contribution in [0.1, 0.15) is 10.6 Å². The van der Waals surface area contributed by atoms with Crippen LogP contribution in [-0.2, 0) is 0 Å². The Morgan fingerprint density at radius 1 is 1.10 bits per heavy atom. The Hall–Kier alpha value is -2.82. The molecule has 1 aromatic heterocycles.